The minimum atomic E-state index is -0.719. The van der Waals surface area contributed by atoms with E-state index in [9.17, 15) is 9.50 Å². The zero-order valence-electron chi connectivity index (χ0n) is 15.9. The monoisotopic (exact) mass is 432 g/mol. The number of hydrogen-bond acceptors (Lipinski definition) is 6. The molecule has 2 unspecified atom stereocenters. The van der Waals surface area contributed by atoms with Gasteiger partial charge in [-0.15, -0.1) is 11.3 Å². The molecular formula is C21H18ClFN2O3S. The van der Waals surface area contributed by atoms with Gasteiger partial charge in [0.1, 0.15) is 16.9 Å². The third-order valence-corrected chi connectivity index (χ3v) is 5.89. The molecule has 0 radical (unpaired) electrons. The number of thiazole rings is 1. The lowest BCUT2D eigenvalue weighted by molar-refractivity contribution is 0.0580. The van der Waals surface area contributed by atoms with Crippen molar-refractivity contribution in [3.05, 3.63) is 47.4 Å². The molecule has 2 heterocycles. The molecule has 150 valence electrons. The average molecular weight is 433 g/mol. The summed E-state index contributed by atoms with van der Waals surface area (Å²) in [6.07, 6.45) is 0.379. The van der Waals surface area contributed by atoms with Crippen molar-refractivity contribution in [3.63, 3.8) is 0 Å². The lowest BCUT2D eigenvalue weighted by Gasteiger charge is -2.17. The van der Waals surface area contributed by atoms with Crippen LogP contribution < -0.4 is 9.47 Å². The summed E-state index contributed by atoms with van der Waals surface area (Å²) in [6, 6.07) is 8.40. The Morgan fingerprint density at radius 1 is 1.17 bits per heavy atom. The van der Waals surface area contributed by atoms with Gasteiger partial charge in [0.2, 0.25) is 0 Å². The normalized spacial score (nSPS) is 13.6. The standard InChI is InChI=1S/C21H18ClFN2O3S/c1-10(26)11(2)28-18-8-19-17(7-16(18)23)25-21(29-19)15-6-13(22)4-12-5-14(27-3)9-24-20(12)15/h4-11,26H,1-3H3. The molecule has 0 amide bonds. The van der Waals surface area contributed by atoms with Gasteiger partial charge in [-0.1, -0.05) is 11.6 Å². The molecule has 0 saturated heterocycles. The van der Waals surface area contributed by atoms with E-state index in [0.717, 1.165) is 21.2 Å². The summed E-state index contributed by atoms with van der Waals surface area (Å²) in [7, 11) is 1.58. The maximum atomic E-state index is 14.5. The minimum Gasteiger partial charge on any atom is -0.495 e. The molecule has 2 aromatic carbocycles. The van der Waals surface area contributed by atoms with Gasteiger partial charge in [0.25, 0.3) is 0 Å². The Morgan fingerprint density at radius 2 is 1.97 bits per heavy atom. The van der Waals surface area contributed by atoms with Crippen molar-refractivity contribution in [2.75, 3.05) is 7.11 Å². The number of nitrogens with zero attached hydrogens (tertiary/aromatic N) is 2. The summed E-state index contributed by atoms with van der Waals surface area (Å²) in [5.41, 5.74) is 2.01. The van der Waals surface area contributed by atoms with E-state index in [2.05, 4.69) is 9.97 Å². The number of aliphatic hydroxyl groups excluding tert-OH is 1. The number of aromatic nitrogens is 2. The van der Waals surface area contributed by atoms with Crippen LogP contribution in [0.2, 0.25) is 5.02 Å². The number of methoxy groups -OCH3 is 1. The SMILES string of the molecule is COc1cnc2c(-c3nc4cc(F)c(OC(C)C(C)O)cc4s3)cc(Cl)cc2c1. The maximum Gasteiger partial charge on any atom is 0.167 e. The molecule has 29 heavy (non-hydrogen) atoms. The number of pyridine rings is 1. The molecule has 0 bridgehead atoms. The molecule has 0 aliphatic heterocycles. The fourth-order valence-corrected chi connectivity index (χ4v) is 4.12. The largest absolute Gasteiger partial charge is 0.495 e. The zero-order valence-corrected chi connectivity index (χ0v) is 17.5. The van der Waals surface area contributed by atoms with Crippen LogP contribution in [0.5, 0.6) is 11.5 Å². The fraction of sp³-hybridized carbons (Fsp3) is 0.238. The van der Waals surface area contributed by atoms with Crippen molar-refractivity contribution in [3.8, 4) is 22.1 Å². The summed E-state index contributed by atoms with van der Waals surface area (Å²) in [6.45, 7) is 3.28. The molecule has 4 rings (SSSR count). The van der Waals surface area contributed by atoms with Crippen LogP contribution in [0.1, 0.15) is 13.8 Å². The van der Waals surface area contributed by atoms with E-state index in [4.69, 9.17) is 21.1 Å². The van der Waals surface area contributed by atoms with Crippen LogP contribution in [-0.2, 0) is 0 Å². The van der Waals surface area contributed by atoms with Crippen LogP contribution in [-0.4, -0.2) is 34.4 Å². The van der Waals surface area contributed by atoms with Gasteiger partial charge in [0.05, 0.1) is 35.1 Å². The number of fused-ring (bicyclic) bond motifs is 2. The van der Waals surface area contributed by atoms with E-state index in [-0.39, 0.29) is 5.75 Å². The van der Waals surface area contributed by atoms with Gasteiger partial charge in [0, 0.05) is 28.1 Å². The molecule has 0 aliphatic rings. The second-order valence-electron chi connectivity index (χ2n) is 6.73. The van der Waals surface area contributed by atoms with E-state index >= 15 is 0 Å². The maximum absolute atomic E-state index is 14.5. The molecular weight excluding hydrogens is 415 g/mol. The van der Waals surface area contributed by atoms with Gasteiger partial charge in [-0.3, -0.25) is 4.98 Å². The van der Waals surface area contributed by atoms with Gasteiger partial charge in [-0.2, -0.15) is 0 Å². The highest BCUT2D eigenvalue weighted by atomic mass is 35.5. The van der Waals surface area contributed by atoms with Crippen molar-refractivity contribution in [2.24, 2.45) is 0 Å². The van der Waals surface area contributed by atoms with Crippen LogP contribution in [0, 0.1) is 5.82 Å². The first-order valence-corrected chi connectivity index (χ1v) is 10.1. The molecule has 4 aromatic rings. The molecule has 0 fully saturated rings. The van der Waals surface area contributed by atoms with Gasteiger partial charge < -0.3 is 14.6 Å². The van der Waals surface area contributed by atoms with E-state index in [0.29, 0.717) is 21.3 Å². The topological polar surface area (TPSA) is 64.5 Å². The molecule has 0 spiro atoms. The summed E-state index contributed by atoms with van der Waals surface area (Å²) in [4.78, 5) is 9.07. The first-order valence-electron chi connectivity index (χ1n) is 8.94. The van der Waals surface area contributed by atoms with Gasteiger partial charge in [0.15, 0.2) is 11.6 Å². The van der Waals surface area contributed by atoms with Crippen molar-refractivity contribution < 1.29 is 19.0 Å². The molecule has 2 aromatic heterocycles. The van der Waals surface area contributed by atoms with Crippen LogP contribution in [0.25, 0.3) is 31.7 Å². The predicted octanol–water partition coefficient (Wildman–Crippen LogP) is 5.46. The Balaban J connectivity index is 1.82. The van der Waals surface area contributed by atoms with Crippen molar-refractivity contribution in [1.82, 2.24) is 9.97 Å². The molecule has 0 aliphatic carbocycles. The van der Waals surface area contributed by atoms with Crippen molar-refractivity contribution in [2.45, 2.75) is 26.1 Å². The molecule has 2 atom stereocenters. The molecule has 8 heteroatoms. The number of hydrogen-bond donors (Lipinski definition) is 1. The van der Waals surface area contributed by atoms with Crippen molar-refractivity contribution >= 4 is 44.1 Å². The average Bonchev–Trinajstić information content (AvgIpc) is 3.09. The second-order valence-corrected chi connectivity index (χ2v) is 8.20. The van der Waals surface area contributed by atoms with E-state index in [1.807, 2.05) is 12.1 Å². The number of rotatable bonds is 5. The Morgan fingerprint density at radius 3 is 2.69 bits per heavy atom. The Labute approximate surface area is 175 Å². The minimum absolute atomic E-state index is 0.0833. The summed E-state index contributed by atoms with van der Waals surface area (Å²) < 4.78 is 26.0. The lowest BCUT2D eigenvalue weighted by atomic mass is 10.1. The van der Waals surface area contributed by atoms with E-state index in [1.54, 1.807) is 39.3 Å². The number of halogens is 2. The number of benzene rings is 2. The van der Waals surface area contributed by atoms with Crippen molar-refractivity contribution in [1.29, 1.82) is 0 Å². The van der Waals surface area contributed by atoms with Gasteiger partial charge in [-0.25, -0.2) is 9.37 Å². The number of ether oxygens (including phenoxy) is 2. The summed E-state index contributed by atoms with van der Waals surface area (Å²) in [5, 5.41) is 11.7. The first kappa shape index (κ1) is 19.8. The highest BCUT2D eigenvalue weighted by molar-refractivity contribution is 7.21. The second kappa shape index (κ2) is 7.74. The van der Waals surface area contributed by atoms with Crippen LogP contribution in [0.4, 0.5) is 4.39 Å². The lowest BCUT2D eigenvalue weighted by Crippen LogP contribution is -2.25. The molecule has 5 nitrogen and oxygen atoms in total. The van der Waals surface area contributed by atoms with Crippen LogP contribution in [0.3, 0.4) is 0 Å². The predicted molar refractivity (Wildman–Crippen MR) is 114 cm³/mol. The highest BCUT2D eigenvalue weighted by Crippen LogP contribution is 2.38. The van der Waals surface area contributed by atoms with Crippen LogP contribution in [0.15, 0.2) is 36.5 Å². The summed E-state index contributed by atoms with van der Waals surface area (Å²) in [5.74, 6) is 0.187. The number of aliphatic hydroxyl groups is 1. The van der Waals surface area contributed by atoms with E-state index in [1.165, 1.54) is 17.4 Å². The Kier molecular flexibility index (Phi) is 5.29. The Hall–Kier alpha value is -2.48. The fourth-order valence-electron chi connectivity index (χ4n) is 2.90. The van der Waals surface area contributed by atoms with E-state index < -0.39 is 18.0 Å². The van der Waals surface area contributed by atoms with Gasteiger partial charge in [-0.05, 0) is 32.0 Å². The third-order valence-electron chi connectivity index (χ3n) is 4.62. The van der Waals surface area contributed by atoms with Crippen LogP contribution >= 0.6 is 22.9 Å². The Bertz CT molecular complexity index is 1210. The van der Waals surface area contributed by atoms with Gasteiger partial charge >= 0.3 is 0 Å². The quantitative estimate of drug-likeness (QED) is 0.453. The third kappa shape index (κ3) is 3.85. The molecule has 0 saturated carbocycles. The zero-order chi connectivity index (χ0) is 20.7. The summed E-state index contributed by atoms with van der Waals surface area (Å²) >= 11 is 7.70. The first-order chi connectivity index (χ1) is 13.9. The molecule has 1 N–H and O–H groups in total. The highest BCUT2D eigenvalue weighted by Gasteiger charge is 2.18. The smallest absolute Gasteiger partial charge is 0.167 e.